The largest absolute Gasteiger partial charge is 0.308 e. The number of hydrogen-bond donors (Lipinski definition) is 0. The number of nitrogens with zero attached hydrogens (tertiary/aromatic N) is 1. The van der Waals surface area contributed by atoms with Gasteiger partial charge in [0, 0.05) is 26.5 Å². The normalized spacial score (nSPS) is 11.5. The second kappa shape index (κ2) is 12.7. The summed E-state index contributed by atoms with van der Waals surface area (Å²) in [5, 5.41) is 7.53. The van der Waals surface area contributed by atoms with Crippen molar-refractivity contribution in [1.82, 2.24) is 0 Å². The molecule has 52 heavy (non-hydrogen) atoms. The van der Waals surface area contributed by atoms with Gasteiger partial charge in [-0.2, -0.15) is 0 Å². The van der Waals surface area contributed by atoms with Crippen molar-refractivity contribution >= 4 is 70.1 Å². The first-order valence-electron chi connectivity index (χ1n) is 17.8. The lowest BCUT2D eigenvalue weighted by atomic mass is 9.96. The van der Waals surface area contributed by atoms with Gasteiger partial charge in [-0.1, -0.05) is 158 Å². The minimum atomic E-state index is 1.12. The highest BCUT2D eigenvalue weighted by Crippen LogP contribution is 2.47. The Morgan fingerprint density at radius 2 is 0.904 bits per heavy atom. The van der Waals surface area contributed by atoms with Crippen LogP contribution in [-0.4, -0.2) is 0 Å². The summed E-state index contributed by atoms with van der Waals surface area (Å²) in [6.07, 6.45) is 0. The molecule has 244 valence electrons. The molecule has 1 aromatic heterocycles. The highest BCUT2D eigenvalue weighted by molar-refractivity contribution is 7.26. The van der Waals surface area contributed by atoms with E-state index < -0.39 is 0 Å². The van der Waals surface area contributed by atoms with Crippen LogP contribution in [0.15, 0.2) is 200 Å². The summed E-state index contributed by atoms with van der Waals surface area (Å²) in [6.45, 7) is 0. The van der Waals surface area contributed by atoms with Crippen LogP contribution in [0, 0.1) is 0 Å². The van der Waals surface area contributed by atoms with Crippen molar-refractivity contribution in [3.05, 3.63) is 200 Å². The third kappa shape index (κ3) is 5.24. The molecule has 0 amide bonds. The van der Waals surface area contributed by atoms with Crippen LogP contribution in [-0.2, 0) is 0 Å². The fraction of sp³-hybridized carbons (Fsp3) is 0. The van der Waals surface area contributed by atoms with Gasteiger partial charge in [0.15, 0.2) is 0 Å². The maximum Gasteiger partial charge on any atom is 0.0640 e. The van der Waals surface area contributed by atoms with E-state index in [0.29, 0.717) is 0 Å². The van der Waals surface area contributed by atoms with Gasteiger partial charge in [0.2, 0.25) is 0 Å². The molecule has 0 spiro atoms. The van der Waals surface area contributed by atoms with Crippen molar-refractivity contribution in [2.45, 2.75) is 0 Å². The highest BCUT2D eigenvalue weighted by Gasteiger charge is 2.21. The van der Waals surface area contributed by atoms with E-state index in [1.807, 2.05) is 11.3 Å². The Hall–Kier alpha value is -6.48. The molecule has 0 unspecified atom stereocenters. The quantitative estimate of drug-likeness (QED) is 0.169. The van der Waals surface area contributed by atoms with Crippen molar-refractivity contribution in [1.29, 1.82) is 0 Å². The Bertz CT molecular complexity index is 2890. The van der Waals surface area contributed by atoms with Gasteiger partial charge in [0.1, 0.15) is 0 Å². The molecule has 0 atom stereocenters. The lowest BCUT2D eigenvalue weighted by Crippen LogP contribution is -2.10. The number of rotatable bonds is 6. The maximum atomic E-state index is 2.46. The molecule has 0 N–H and O–H groups in total. The van der Waals surface area contributed by atoms with Crippen LogP contribution in [0.25, 0.3) is 75.1 Å². The zero-order valence-corrected chi connectivity index (χ0v) is 29.2. The minimum Gasteiger partial charge on any atom is -0.308 e. The van der Waals surface area contributed by atoms with Crippen LogP contribution >= 0.6 is 11.3 Å². The fourth-order valence-corrected chi connectivity index (χ4v) is 8.91. The van der Waals surface area contributed by atoms with E-state index in [2.05, 4.69) is 205 Å². The maximum absolute atomic E-state index is 2.46. The van der Waals surface area contributed by atoms with Crippen LogP contribution < -0.4 is 4.90 Å². The molecule has 0 aliphatic carbocycles. The molecule has 9 aromatic carbocycles. The van der Waals surface area contributed by atoms with E-state index in [1.54, 1.807) is 0 Å². The van der Waals surface area contributed by atoms with Gasteiger partial charge in [-0.3, -0.25) is 0 Å². The molecule has 10 aromatic rings. The Labute approximate surface area is 307 Å². The Kier molecular flexibility index (Phi) is 7.41. The van der Waals surface area contributed by atoms with Gasteiger partial charge in [-0.05, 0) is 92.0 Å². The fourth-order valence-electron chi connectivity index (χ4n) is 7.70. The van der Waals surface area contributed by atoms with Crippen molar-refractivity contribution in [2.24, 2.45) is 0 Å². The molecule has 0 aliphatic heterocycles. The Morgan fingerprint density at radius 1 is 0.327 bits per heavy atom. The smallest absolute Gasteiger partial charge is 0.0640 e. The van der Waals surface area contributed by atoms with Gasteiger partial charge in [0.05, 0.1) is 16.1 Å². The summed E-state index contributed by atoms with van der Waals surface area (Å²) in [5.41, 5.74) is 10.8. The third-order valence-electron chi connectivity index (χ3n) is 10.3. The zero-order valence-electron chi connectivity index (χ0n) is 28.4. The van der Waals surface area contributed by atoms with Crippen molar-refractivity contribution in [3.63, 3.8) is 0 Å². The summed E-state index contributed by atoms with van der Waals surface area (Å²) in [5.74, 6) is 0. The molecule has 2 heteroatoms. The van der Waals surface area contributed by atoms with Crippen molar-refractivity contribution in [3.8, 4) is 33.4 Å². The minimum absolute atomic E-state index is 1.12. The molecule has 0 aliphatic rings. The summed E-state index contributed by atoms with van der Waals surface area (Å²) in [7, 11) is 0. The summed E-state index contributed by atoms with van der Waals surface area (Å²) in [4.78, 5) is 2.46. The molecule has 0 bridgehead atoms. The number of hydrogen-bond acceptors (Lipinski definition) is 2. The predicted molar refractivity (Wildman–Crippen MR) is 225 cm³/mol. The molecule has 0 saturated carbocycles. The third-order valence-corrected chi connectivity index (χ3v) is 11.5. The summed E-state index contributed by atoms with van der Waals surface area (Å²) in [6, 6.07) is 72.9. The molecule has 1 nitrogen and oxygen atoms in total. The predicted octanol–water partition coefficient (Wildman–Crippen LogP) is 14.8. The second-order valence-corrected chi connectivity index (χ2v) is 14.4. The van der Waals surface area contributed by atoms with Crippen LogP contribution in [0.2, 0.25) is 0 Å². The number of anilines is 3. The Balaban J connectivity index is 1.13. The molecule has 0 saturated heterocycles. The number of fused-ring (bicyclic) bond motifs is 5. The monoisotopic (exact) mass is 679 g/mol. The topological polar surface area (TPSA) is 3.24 Å². The highest BCUT2D eigenvalue weighted by atomic mass is 32.1. The van der Waals surface area contributed by atoms with E-state index in [1.165, 1.54) is 80.8 Å². The molecule has 1 heterocycles. The molecular weight excluding hydrogens is 647 g/mol. The molecule has 0 fully saturated rings. The lowest BCUT2D eigenvalue weighted by molar-refractivity contribution is 1.32. The van der Waals surface area contributed by atoms with Crippen molar-refractivity contribution < 1.29 is 0 Å². The average molecular weight is 680 g/mol. The summed E-state index contributed by atoms with van der Waals surface area (Å²) < 4.78 is 2.59. The lowest BCUT2D eigenvalue weighted by Gasteiger charge is -2.28. The van der Waals surface area contributed by atoms with E-state index in [0.717, 1.165) is 11.4 Å². The van der Waals surface area contributed by atoms with E-state index in [-0.39, 0.29) is 0 Å². The van der Waals surface area contributed by atoms with Crippen LogP contribution in [0.3, 0.4) is 0 Å². The first-order chi connectivity index (χ1) is 25.8. The zero-order chi connectivity index (χ0) is 34.4. The van der Waals surface area contributed by atoms with Crippen molar-refractivity contribution in [2.75, 3.05) is 4.90 Å². The van der Waals surface area contributed by atoms with Gasteiger partial charge < -0.3 is 4.90 Å². The summed E-state index contributed by atoms with van der Waals surface area (Å²) >= 11 is 1.87. The Morgan fingerprint density at radius 3 is 1.63 bits per heavy atom. The average Bonchev–Trinajstić information content (AvgIpc) is 3.61. The molecule has 10 rings (SSSR count). The van der Waals surface area contributed by atoms with E-state index >= 15 is 0 Å². The van der Waals surface area contributed by atoms with Gasteiger partial charge in [-0.15, -0.1) is 11.3 Å². The van der Waals surface area contributed by atoms with Crippen LogP contribution in [0.5, 0.6) is 0 Å². The number of benzene rings is 9. The van der Waals surface area contributed by atoms with Crippen LogP contribution in [0.4, 0.5) is 17.1 Å². The van der Waals surface area contributed by atoms with Gasteiger partial charge in [-0.25, -0.2) is 0 Å². The second-order valence-electron chi connectivity index (χ2n) is 13.3. The first kappa shape index (κ1) is 30.4. The SMILES string of the molecule is c1ccc(-c2ccc3ccc(-c4ccc(N(c5ccc(-c6ccccc6)c6ccccc56)c5cccc6c5sc5ccccc56)cc4)cc3c2)cc1. The van der Waals surface area contributed by atoms with E-state index in [4.69, 9.17) is 0 Å². The molecule has 0 radical (unpaired) electrons. The van der Waals surface area contributed by atoms with E-state index in [9.17, 15) is 0 Å². The molecular formula is C50H33NS. The van der Waals surface area contributed by atoms with Gasteiger partial charge >= 0.3 is 0 Å². The van der Waals surface area contributed by atoms with Crippen LogP contribution in [0.1, 0.15) is 0 Å². The number of thiophene rings is 1. The first-order valence-corrected chi connectivity index (χ1v) is 18.6. The standard InChI is InChI=1S/C50H33NS/c1-3-12-34(13-4-1)38-24-22-36-23-25-39(33-40(36)32-38)35-26-28-41(29-27-35)51(48-20-11-19-46-45-18-9-10-21-49(45)52-50(46)48)47-31-30-42(37-14-5-2-6-15-37)43-16-7-8-17-44(43)47/h1-33H. The van der Waals surface area contributed by atoms with Gasteiger partial charge in [0.25, 0.3) is 0 Å².